The average Bonchev–Trinajstić information content (AvgIpc) is 2.06. The van der Waals surface area contributed by atoms with Gasteiger partial charge >= 0.3 is 0 Å². The Labute approximate surface area is 62.8 Å². The maximum Gasteiger partial charge on any atom is 0.228 e. The molecule has 4 heteroatoms. The van der Waals surface area contributed by atoms with Crippen molar-refractivity contribution in [3.63, 3.8) is 0 Å². The van der Waals surface area contributed by atoms with Crippen molar-refractivity contribution in [2.75, 3.05) is 6.86 Å². The van der Waals surface area contributed by atoms with Gasteiger partial charge in [0.1, 0.15) is 5.75 Å². The number of hydrogen-bond acceptors (Lipinski definition) is 3. The van der Waals surface area contributed by atoms with E-state index in [-0.39, 0.29) is 5.75 Å². The van der Waals surface area contributed by atoms with Gasteiger partial charge in [-0.3, -0.25) is 9.78 Å². The largest absolute Gasteiger partial charge is 0.461 e. The highest BCUT2D eigenvalue weighted by Gasteiger charge is 1.94. The third kappa shape index (κ3) is 2.00. The van der Waals surface area contributed by atoms with Crippen molar-refractivity contribution in [1.29, 1.82) is 0 Å². The Morgan fingerprint density at radius 3 is 3.09 bits per heavy atom. The smallest absolute Gasteiger partial charge is 0.228 e. The number of alkyl halides is 1. The monoisotopic (exact) mass is 155 g/mol. The van der Waals surface area contributed by atoms with Crippen LogP contribution in [0.1, 0.15) is 10.4 Å². The summed E-state index contributed by atoms with van der Waals surface area (Å²) in [7, 11) is 0. The van der Waals surface area contributed by atoms with Crippen molar-refractivity contribution in [3.05, 3.63) is 24.0 Å². The Bertz CT molecular complexity index is 252. The minimum atomic E-state index is -0.913. The van der Waals surface area contributed by atoms with Gasteiger partial charge in [-0.15, -0.1) is 0 Å². The highest BCUT2D eigenvalue weighted by molar-refractivity contribution is 5.74. The van der Waals surface area contributed by atoms with Crippen LogP contribution >= 0.6 is 0 Å². The van der Waals surface area contributed by atoms with Crippen molar-refractivity contribution in [1.82, 2.24) is 4.98 Å². The number of hydrogen-bond donors (Lipinski definition) is 0. The van der Waals surface area contributed by atoms with Crippen LogP contribution in [0, 0.1) is 0 Å². The van der Waals surface area contributed by atoms with Crippen LogP contribution in [0.3, 0.4) is 0 Å². The highest BCUT2D eigenvalue weighted by Crippen LogP contribution is 2.09. The van der Waals surface area contributed by atoms with Gasteiger partial charge in [-0.1, -0.05) is 0 Å². The van der Waals surface area contributed by atoms with Crippen molar-refractivity contribution in [3.8, 4) is 5.75 Å². The number of ether oxygens (including phenoxy) is 1. The maximum atomic E-state index is 11.6. The van der Waals surface area contributed by atoms with Gasteiger partial charge in [0, 0.05) is 11.8 Å². The van der Waals surface area contributed by atoms with E-state index < -0.39 is 6.86 Å². The van der Waals surface area contributed by atoms with E-state index in [1.54, 1.807) is 0 Å². The Balaban J connectivity index is 2.82. The van der Waals surface area contributed by atoms with E-state index in [1.165, 1.54) is 18.5 Å². The average molecular weight is 155 g/mol. The Morgan fingerprint density at radius 2 is 2.45 bits per heavy atom. The molecule has 1 aromatic heterocycles. The summed E-state index contributed by atoms with van der Waals surface area (Å²) in [6.07, 6.45) is 3.34. The first-order valence-corrected chi connectivity index (χ1v) is 2.96. The summed E-state index contributed by atoms with van der Waals surface area (Å²) in [4.78, 5) is 13.8. The fraction of sp³-hybridized carbons (Fsp3) is 0.143. The lowest BCUT2D eigenvalue weighted by molar-refractivity contribution is 0.112. The molecule has 0 aliphatic rings. The first kappa shape index (κ1) is 7.65. The molecule has 0 N–H and O–H groups in total. The second kappa shape index (κ2) is 3.65. The summed E-state index contributed by atoms with van der Waals surface area (Å²) < 4.78 is 16.0. The fourth-order valence-electron chi connectivity index (χ4n) is 0.642. The molecule has 0 amide bonds. The molecule has 1 rings (SSSR count). The topological polar surface area (TPSA) is 39.2 Å². The molecule has 1 aromatic rings. The van der Waals surface area contributed by atoms with Crippen LogP contribution < -0.4 is 4.74 Å². The van der Waals surface area contributed by atoms with Crippen LogP contribution in [0.2, 0.25) is 0 Å². The zero-order valence-corrected chi connectivity index (χ0v) is 5.66. The van der Waals surface area contributed by atoms with Crippen LogP contribution in [0.15, 0.2) is 18.5 Å². The molecular weight excluding hydrogens is 149 g/mol. The number of carbonyl (C=O) groups is 1. The summed E-state index contributed by atoms with van der Waals surface area (Å²) in [5.74, 6) is 0.261. The third-order valence-electron chi connectivity index (χ3n) is 1.09. The first-order chi connectivity index (χ1) is 5.36. The molecule has 0 unspecified atom stereocenters. The van der Waals surface area contributed by atoms with Gasteiger partial charge in [0.25, 0.3) is 0 Å². The number of aldehydes is 1. The molecule has 0 fully saturated rings. The van der Waals surface area contributed by atoms with Crippen LogP contribution in [-0.4, -0.2) is 18.1 Å². The van der Waals surface area contributed by atoms with Crippen molar-refractivity contribution >= 4 is 6.29 Å². The number of rotatable bonds is 3. The summed E-state index contributed by atoms with van der Waals surface area (Å²) in [5.41, 5.74) is 0.371. The molecular formula is C7H6FNO2. The molecule has 0 saturated heterocycles. The van der Waals surface area contributed by atoms with Gasteiger partial charge in [-0.2, -0.15) is 0 Å². The number of pyridine rings is 1. The van der Waals surface area contributed by atoms with Crippen LogP contribution in [0.4, 0.5) is 4.39 Å². The summed E-state index contributed by atoms with van der Waals surface area (Å²) in [6.45, 7) is -0.913. The Morgan fingerprint density at radius 1 is 1.64 bits per heavy atom. The van der Waals surface area contributed by atoms with E-state index >= 15 is 0 Å². The third-order valence-corrected chi connectivity index (χ3v) is 1.09. The molecule has 0 aromatic carbocycles. The van der Waals surface area contributed by atoms with E-state index in [4.69, 9.17) is 0 Å². The van der Waals surface area contributed by atoms with Gasteiger partial charge in [-0.05, 0) is 6.07 Å². The minimum absolute atomic E-state index is 0.261. The lowest BCUT2D eigenvalue weighted by Crippen LogP contribution is -1.92. The standard InChI is InChI=1S/C7H6FNO2/c8-5-11-7-1-6(4-10)2-9-3-7/h1-4H,5H2. The predicted molar refractivity (Wildman–Crippen MR) is 36.2 cm³/mol. The molecule has 0 atom stereocenters. The molecule has 1 heterocycles. The zero-order chi connectivity index (χ0) is 8.10. The van der Waals surface area contributed by atoms with Gasteiger partial charge in [0.15, 0.2) is 6.29 Å². The van der Waals surface area contributed by atoms with E-state index in [2.05, 4.69) is 9.72 Å². The second-order valence-electron chi connectivity index (χ2n) is 1.83. The molecule has 0 aliphatic heterocycles. The lowest BCUT2D eigenvalue weighted by Gasteiger charge is -1.98. The SMILES string of the molecule is O=Cc1cncc(OCF)c1. The summed E-state index contributed by atoms with van der Waals surface area (Å²) >= 11 is 0. The number of nitrogens with zero attached hydrogens (tertiary/aromatic N) is 1. The van der Waals surface area contributed by atoms with Gasteiger partial charge in [-0.25, -0.2) is 4.39 Å². The van der Waals surface area contributed by atoms with Crippen molar-refractivity contribution in [2.45, 2.75) is 0 Å². The van der Waals surface area contributed by atoms with E-state index in [0.717, 1.165) is 0 Å². The molecule has 58 valence electrons. The van der Waals surface area contributed by atoms with E-state index in [0.29, 0.717) is 11.8 Å². The summed E-state index contributed by atoms with van der Waals surface area (Å²) in [5, 5.41) is 0. The molecule has 0 radical (unpaired) electrons. The molecule has 0 bridgehead atoms. The van der Waals surface area contributed by atoms with E-state index in [1.807, 2.05) is 0 Å². The van der Waals surface area contributed by atoms with Gasteiger partial charge < -0.3 is 4.74 Å². The van der Waals surface area contributed by atoms with Crippen molar-refractivity contribution in [2.24, 2.45) is 0 Å². The van der Waals surface area contributed by atoms with Gasteiger partial charge in [0.2, 0.25) is 6.86 Å². The summed E-state index contributed by atoms with van der Waals surface area (Å²) in [6, 6.07) is 1.42. The minimum Gasteiger partial charge on any atom is -0.461 e. The molecule has 0 aliphatic carbocycles. The quantitative estimate of drug-likeness (QED) is 0.615. The Kier molecular flexibility index (Phi) is 2.54. The fourth-order valence-corrected chi connectivity index (χ4v) is 0.642. The van der Waals surface area contributed by atoms with Crippen molar-refractivity contribution < 1.29 is 13.9 Å². The molecule has 0 saturated carbocycles. The lowest BCUT2D eigenvalue weighted by atomic mass is 10.3. The van der Waals surface area contributed by atoms with Crippen LogP contribution in [-0.2, 0) is 0 Å². The van der Waals surface area contributed by atoms with Crippen LogP contribution in [0.5, 0.6) is 5.75 Å². The Hall–Kier alpha value is -1.45. The zero-order valence-electron chi connectivity index (χ0n) is 5.66. The number of carbonyl (C=O) groups excluding carboxylic acids is 1. The number of aromatic nitrogens is 1. The highest BCUT2D eigenvalue weighted by atomic mass is 19.1. The first-order valence-electron chi connectivity index (χ1n) is 2.96. The van der Waals surface area contributed by atoms with E-state index in [9.17, 15) is 9.18 Å². The molecule has 0 spiro atoms. The maximum absolute atomic E-state index is 11.6. The predicted octanol–water partition coefficient (Wildman–Crippen LogP) is 1.20. The molecule has 3 nitrogen and oxygen atoms in total. The van der Waals surface area contributed by atoms with Crippen LogP contribution in [0.25, 0.3) is 0 Å². The second-order valence-corrected chi connectivity index (χ2v) is 1.83. The normalized spacial score (nSPS) is 9.18. The molecule has 11 heavy (non-hydrogen) atoms. The number of halogens is 1. The van der Waals surface area contributed by atoms with Gasteiger partial charge in [0.05, 0.1) is 6.20 Å².